The summed E-state index contributed by atoms with van der Waals surface area (Å²) in [6, 6.07) is 12.0. The van der Waals surface area contributed by atoms with E-state index in [0.29, 0.717) is 22.9 Å². The predicted molar refractivity (Wildman–Crippen MR) is 132 cm³/mol. The van der Waals surface area contributed by atoms with Crippen LogP contribution in [-0.4, -0.2) is 41.7 Å². The molecular formula is C27H29N3O6. The largest absolute Gasteiger partial charge is 0.465 e. The molecule has 0 unspecified atom stereocenters. The van der Waals surface area contributed by atoms with Crippen molar-refractivity contribution in [3.63, 3.8) is 0 Å². The molecule has 36 heavy (non-hydrogen) atoms. The van der Waals surface area contributed by atoms with Gasteiger partial charge in [-0.15, -0.1) is 0 Å². The summed E-state index contributed by atoms with van der Waals surface area (Å²) in [7, 11) is 1.29. The highest BCUT2D eigenvalue weighted by Gasteiger charge is 2.40. The molecule has 2 heterocycles. The van der Waals surface area contributed by atoms with E-state index < -0.39 is 17.8 Å². The Balaban J connectivity index is 1.46. The molecule has 0 spiro atoms. The third kappa shape index (κ3) is 5.40. The number of nitrogens with zero attached hydrogens (tertiary/aromatic N) is 1. The van der Waals surface area contributed by atoms with Crippen molar-refractivity contribution in [2.24, 2.45) is 0 Å². The van der Waals surface area contributed by atoms with Crippen LogP contribution in [0.2, 0.25) is 0 Å². The molecule has 1 fully saturated rings. The molecule has 1 aromatic carbocycles. The molecule has 3 amide bonds. The van der Waals surface area contributed by atoms with Crippen LogP contribution in [0.25, 0.3) is 6.08 Å². The third-order valence-electron chi connectivity index (χ3n) is 6.40. The van der Waals surface area contributed by atoms with Gasteiger partial charge in [0.15, 0.2) is 0 Å². The Morgan fingerprint density at radius 3 is 2.47 bits per heavy atom. The number of allylic oxidation sites excluding steroid dienone is 1. The zero-order valence-corrected chi connectivity index (χ0v) is 20.3. The lowest BCUT2D eigenvalue weighted by Gasteiger charge is -2.32. The summed E-state index contributed by atoms with van der Waals surface area (Å²) in [6.45, 7) is 1.74. The molecule has 1 saturated carbocycles. The van der Waals surface area contributed by atoms with E-state index in [1.807, 2.05) is 0 Å². The number of benzene rings is 1. The van der Waals surface area contributed by atoms with Crippen LogP contribution >= 0.6 is 0 Å². The number of carbonyl (C=O) groups is 4. The van der Waals surface area contributed by atoms with Crippen LogP contribution in [0.1, 0.15) is 50.5 Å². The number of hydrogen-bond acceptors (Lipinski definition) is 6. The van der Waals surface area contributed by atoms with Crippen LogP contribution in [0.15, 0.2) is 63.7 Å². The number of methoxy groups -OCH3 is 1. The number of carbonyl (C=O) groups excluding carboxylic acids is 4. The summed E-state index contributed by atoms with van der Waals surface area (Å²) in [6.07, 6.45) is 6.55. The lowest BCUT2D eigenvalue weighted by atomic mass is 9.94. The number of esters is 1. The number of ether oxygens (including phenoxy) is 1. The Hall–Kier alpha value is -4.14. The van der Waals surface area contributed by atoms with Gasteiger partial charge < -0.3 is 24.7 Å². The fourth-order valence-electron chi connectivity index (χ4n) is 4.64. The molecule has 2 aromatic rings. The van der Waals surface area contributed by atoms with E-state index in [0.717, 1.165) is 32.1 Å². The van der Waals surface area contributed by atoms with Gasteiger partial charge in [0.25, 0.3) is 5.91 Å². The first-order valence-electron chi connectivity index (χ1n) is 12.0. The zero-order chi connectivity index (χ0) is 25.7. The van der Waals surface area contributed by atoms with Gasteiger partial charge in [-0.2, -0.15) is 0 Å². The Labute approximate surface area is 209 Å². The molecule has 1 aromatic heterocycles. The minimum Gasteiger partial charge on any atom is -0.465 e. The number of hydrogen-bond donors (Lipinski definition) is 2. The Morgan fingerprint density at radius 1 is 1.06 bits per heavy atom. The first-order valence-corrected chi connectivity index (χ1v) is 12.0. The second-order valence-electron chi connectivity index (χ2n) is 8.78. The van der Waals surface area contributed by atoms with E-state index >= 15 is 0 Å². The number of furan rings is 1. The van der Waals surface area contributed by atoms with Crippen molar-refractivity contribution in [3.8, 4) is 0 Å². The Kier molecular flexibility index (Phi) is 7.68. The number of nitrogens with one attached hydrogen (secondary N) is 2. The maximum atomic E-state index is 13.4. The van der Waals surface area contributed by atoms with Gasteiger partial charge in [-0.25, -0.2) is 4.79 Å². The molecule has 0 atom stereocenters. The van der Waals surface area contributed by atoms with Gasteiger partial charge in [0.05, 0.1) is 24.8 Å². The molecule has 2 N–H and O–H groups in total. The second-order valence-corrected chi connectivity index (χ2v) is 8.78. The summed E-state index contributed by atoms with van der Waals surface area (Å²) < 4.78 is 10.7. The number of amides is 3. The first kappa shape index (κ1) is 25.0. The van der Waals surface area contributed by atoms with Crippen molar-refractivity contribution in [2.75, 3.05) is 12.4 Å². The molecule has 1 aliphatic carbocycles. The van der Waals surface area contributed by atoms with Crippen molar-refractivity contribution in [3.05, 3.63) is 70.8 Å². The molecule has 2 aliphatic rings. The van der Waals surface area contributed by atoms with E-state index in [1.54, 1.807) is 54.3 Å². The summed E-state index contributed by atoms with van der Waals surface area (Å²) >= 11 is 0. The molecule has 0 saturated heterocycles. The van der Waals surface area contributed by atoms with Crippen LogP contribution in [0.5, 0.6) is 0 Å². The monoisotopic (exact) mass is 491 g/mol. The lowest BCUT2D eigenvalue weighted by molar-refractivity contribution is -0.136. The summed E-state index contributed by atoms with van der Waals surface area (Å²) in [5.41, 5.74) is 1.56. The normalized spacial score (nSPS) is 17.4. The number of anilines is 1. The highest BCUT2D eigenvalue weighted by molar-refractivity contribution is 6.39. The van der Waals surface area contributed by atoms with Gasteiger partial charge in [-0.1, -0.05) is 37.5 Å². The van der Waals surface area contributed by atoms with Gasteiger partial charge in [0.1, 0.15) is 11.5 Å². The van der Waals surface area contributed by atoms with E-state index in [1.165, 1.54) is 13.2 Å². The average molecular weight is 492 g/mol. The van der Waals surface area contributed by atoms with Gasteiger partial charge in [0, 0.05) is 17.4 Å². The van der Waals surface area contributed by atoms with E-state index in [-0.39, 0.29) is 29.6 Å². The van der Waals surface area contributed by atoms with Gasteiger partial charge in [-0.05, 0) is 50.1 Å². The van der Waals surface area contributed by atoms with Crippen molar-refractivity contribution in [1.29, 1.82) is 0 Å². The van der Waals surface area contributed by atoms with Gasteiger partial charge >= 0.3 is 17.8 Å². The SMILES string of the molecule is COC(=O)C1=C(C)N(C2CCCCC2)C(=O)/C1=C/c1ccc(CNC(=O)C(=O)Nc2ccccc2)o1. The van der Waals surface area contributed by atoms with Crippen LogP contribution in [0.4, 0.5) is 5.69 Å². The topological polar surface area (TPSA) is 118 Å². The fraction of sp³-hybridized carbons (Fsp3) is 0.333. The third-order valence-corrected chi connectivity index (χ3v) is 6.40. The smallest absolute Gasteiger partial charge is 0.340 e. The lowest BCUT2D eigenvalue weighted by Crippen LogP contribution is -2.37. The van der Waals surface area contributed by atoms with Crippen molar-refractivity contribution in [2.45, 2.75) is 51.6 Å². The molecule has 1 aliphatic heterocycles. The maximum Gasteiger partial charge on any atom is 0.340 e. The molecule has 9 heteroatoms. The Morgan fingerprint density at radius 2 is 1.78 bits per heavy atom. The minimum atomic E-state index is -0.809. The Bertz CT molecular complexity index is 1220. The van der Waals surface area contributed by atoms with Gasteiger partial charge in [-0.3, -0.25) is 14.4 Å². The molecule has 0 bridgehead atoms. The van der Waals surface area contributed by atoms with Crippen LogP contribution in [0, 0.1) is 0 Å². The minimum absolute atomic E-state index is 0.0227. The average Bonchev–Trinajstić information content (AvgIpc) is 3.44. The maximum absolute atomic E-state index is 13.4. The molecule has 9 nitrogen and oxygen atoms in total. The summed E-state index contributed by atoms with van der Waals surface area (Å²) in [4.78, 5) is 51.8. The summed E-state index contributed by atoms with van der Waals surface area (Å²) in [5.74, 6) is -1.69. The zero-order valence-electron chi connectivity index (χ0n) is 20.3. The number of para-hydroxylation sites is 1. The predicted octanol–water partition coefficient (Wildman–Crippen LogP) is 3.54. The molecule has 188 valence electrons. The van der Waals surface area contributed by atoms with Crippen molar-refractivity contribution >= 4 is 35.5 Å². The van der Waals surface area contributed by atoms with E-state index in [2.05, 4.69) is 10.6 Å². The summed E-state index contributed by atoms with van der Waals surface area (Å²) in [5, 5.41) is 5.01. The highest BCUT2D eigenvalue weighted by Crippen LogP contribution is 2.37. The molecular weight excluding hydrogens is 462 g/mol. The fourth-order valence-corrected chi connectivity index (χ4v) is 4.64. The van der Waals surface area contributed by atoms with Crippen molar-refractivity contribution in [1.82, 2.24) is 10.2 Å². The quantitative estimate of drug-likeness (QED) is 0.363. The van der Waals surface area contributed by atoms with Crippen LogP contribution in [0.3, 0.4) is 0 Å². The number of rotatable bonds is 6. The van der Waals surface area contributed by atoms with Crippen molar-refractivity contribution < 1.29 is 28.3 Å². The second kappa shape index (κ2) is 11.1. The van der Waals surface area contributed by atoms with Crippen LogP contribution in [-0.2, 0) is 30.5 Å². The van der Waals surface area contributed by atoms with Crippen LogP contribution < -0.4 is 10.6 Å². The first-order chi connectivity index (χ1) is 17.4. The van der Waals surface area contributed by atoms with Gasteiger partial charge in [0.2, 0.25) is 0 Å². The highest BCUT2D eigenvalue weighted by atomic mass is 16.5. The van der Waals surface area contributed by atoms with E-state index in [4.69, 9.17) is 9.15 Å². The molecule has 0 radical (unpaired) electrons. The molecule has 4 rings (SSSR count). The van der Waals surface area contributed by atoms with E-state index in [9.17, 15) is 19.2 Å². The standard InChI is InChI=1S/C27H29N3O6/c1-17-23(27(34)35-2)22(26(33)30(17)19-11-7-4-8-12-19)15-20-13-14-21(36-20)16-28-24(31)25(32)29-18-9-5-3-6-10-18/h3,5-6,9-10,13-15,19H,4,7-8,11-12,16H2,1-2H3,(H,28,31)(H,29,32)/b22-15+.